The lowest BCUT2D eigenvalue weighted by molar-refractivity contribution is -0.126. The molecule has 0 unspecified atom stereocenters. The van der Waals surface area contributed by atoms with Crippen LogP contribution in [0.2, 0.25) is 0 Å². The normalized spacial score (nSPS) is 16.5. The molecule has 1 aromatic heterocycles. The van der Waals surface area contributed by atoms with Crippen LogP contribution in [0, 0.1) is 5.92 Å². The minimum Gasteiger partial charge on any atom is -0.497 e. The number of rotatable bonds is 6. The third kappa shape index (κ3) is 3.69. The highest BCUT2D eigenvalue weighted by Gasteiger charge is 2.35. The van der Waals surface area contributed by atoms with Crippen LogP contribution in [0.25, 0.3) is 11.0 Å². The Kier molecular flexibility index (Phi) is 4.97. The van der Waals surface area contributed by atoms with Crippen molar-refractivity contribution >= 4 is 28.5 Å². The van der Waals surface area contributed by atoms with Crippen LogP contribution in [0.3, 0.4) is 0 Å². The molecule has 1 saturated heterocycles. The summed E-state index contributed by atoms with van der Waals surface area (Å²) < 4.78 is 5.21. The first-order chi connectivity index (χ1) is 13.6. The molecule has 0 bridgehead atoms. The van der Waals surface area contributed by atoms with Crippen LogP contribution in [0.4, 0.5) is 5.69 Å². The monoisotopic (exact) mass is 378 g/mol. The van der Waals surface area contributed by atoms with Gasteiger partial charge in [-0.2, -0.15) is 0 Å². The Morgan fingerprint density at radius 1 is 1.29 bits per heavy atom. The first kappa shape index (κ1) is 18.0. The standard InChI is InChI=1S/C21H22N4O3/c1-28-16-6-4-5-15(12-16)25-13-14(11-20(25)26)21(27)22-10-9-19-23-17-7-2-3-8-18(17)24-19/h2-8,12,14H,9-11,13H2,1H3,(H,22,27)(H,23,24)/t14-/m0/s1. The van der Waals surface area contributed by atoms with Gasteiger partial charge in [-0.05, 0) is 24.3 Å². The summed E-state index contributed by atoms with van der Waals surface area (Å²) in [5.41, 5.74) is 2.65. The molecule has 7 heteroatoms. The number of hydrogen-bond acceptors (Lipinski definition) is 4. The first-order valence-corrected chi connectivity index (χ1v) is 9.30. The maximum Gasteiger partial charge on any atom is 0.227 e. The van der Waals surface area contributed by atoms with Crippen LogP contribution in [0.15, 0.2) is 48.5 Å². The molecule has 1 aliphatic heterocycles. The van der Waals surface area contributed by atoms with Gasteiger partial charge in [-0.1, -0.05) is 18.2 Å². The predicted octanol–water partition coefficient (Wildman–Crippen LogP) is 2.28. The van der Waals surface area contributed by atoms with E-state index in [0.29, 0.717) is 25.3 Å². The lowest BCUT2D eigenvalue weighted by atomic mass is 10.1. The van der Waals surface area contributed by atoms with E-state index in [1.165, 1.54) is 0 Å². The molecule has 2 amide bonds. The summed E-state index contributed by atoms with van der Waals surface area (Å²) in [4.78, 5) is 34.3. The molecule has 2 heterocycles. The van der Waals surface area contributed by atoms with E-state index in [2.05, 4.69) is 15.3 Å². The largest absolute Gasteiger partial charge is 0.497 e. The SMILES string of the molecule is COc1cccc(N2C[C@@H](C(=O)NCCc3nc4ccccc4[nH]3)CC2=O)c1. The topological polar surface area (TPSA) is 87.3 Å². The minimum atomic E-state index is -0.352. The molecule has 4 rings (SSSR count). The van der Waals surface area contributed by atoms with E-state index in [0.717, 1.165) is 22.5 Å². The van der Waals surface area contributed by atoms with E-state index >= 15 is 0 Å². The van der Waals surface area contributed by atoms with E-state index in [4.69, 9.17) is 4.74 Å². The highest BCUT2D eigenvalue weighted by atomic mass is 16.5. The van der Waals surface area contributed by atoms with Crippen molar-refractivity contribution in [1.82, 2.24) is 15.3 Å². The highest BCUT2D eigenvalue weighted by Crippen LogP contribution is 2.27. The van der Waals surface area contributed by atoms with Gasteiger partial charge in [0.05, 0.1) is 24.1 Å². The molecule has 0 radical (unpaired) electrons. The zero-order valence-electron chi connectivity index (χ0n) is 15.6. The van der Waals surface area contributed by atoms with Crippen LogP contribution in [-0.4, -0.2) is 42.0 Å². The van der Waals surface area contributed by atoms with Crippen molar-refractivity contribution in [3.8, 4) is 5.75 Å². The predicted molar refractivity (Wildman–Crippen MR) is 106 cm³/mol. The van der Waals surface area contributed by atoms with Gasteiger partial charge in [0.2, 0.25) is 11.8 Å². The number of fused-ring (bicyclic) bond motifs is 1. The summed E-state index contributed by atoms with van der Waals surface area (Å²) in [7, 11) is 1.59. The van der Waals surface area contributed by atoms with Crippen molar-refractivity contribution in [3.63, 3.8) is 0 Å². The van der Waals surface area contributed by atoms with E-state index < -0.39 is 0 Å². The molecular formula is C21H22N4O3. The van der Waals surface area contributed by atoms with Gasteiger partial charge in [-0.25, -0.2) is 4.98 Å². The molecule has 3 aromatic rings. The average molecular weight is 378 g/mol. The number of benzene rings is 2. The Balaban J connectivity index is 1.33. The number of amides is 2. The van der Waals surface area contributed by atoms with Gasteiger partial charge in [-0.15, -0.1) is 0 Å². The molecule has 144 valence electrons. The number of carbonyl (C=O) groups is 2. The molecule has 0 aliphatic carbocycles. The Bertz CT molecular complexity index is 981. The Labute approximate surface area is 162 Å². The van der Waals surface area contributed by atoms with Crippen LogP contribution >= 0.6 is 0 Å². The Morgan fingerprint density at radius 3 is 2.96 bits per heavy atom. The van der Waals surface area contributed by atoms with Crippen LogP contribution < -0.4 is 15.0 Å². The number of aromatic nitrogens is 2. The third-order valence-electron chi connectivity index (χ3n) is 4.96. The summed E-state index contributed by atoms with van der Waals surface area (Å²) in [6.07, 6.45) is 0.828. The minimum absolute atomic E-state index is 0.0503. The molecule has 7 nitrogen and oxygen atoms in total. The van der Waals surface area contributed by atoms with Gasteiger partial charge in [-0.3, -0.25) is 9.59 Å². The number of aromatic amines is 1. The average Bonchev–Trinajstić information content (AvgIpc) is 3.31. The van der Waals surface area contributed by atoms with Crippen LogP contribution in [0.5, 0.6) is 5.75 Å². The number of methoxy groups -OCH3 is 1. The van der Waals surface area contributed by atoms with Crippen molar-refractivity contribution in [2.24, 2.45) is 5.92 Å². The lowest BCUT2D eigenvalue weighted by Gasteiger charge is -2.17. The molecular weight excluding hydrogens is 356 g/mol. The summed E-state index contributed by atoms with van der Waals surface area (Å²) in [6.45, 7) is 0.852. The number of H-pyrrole nitrogens is 1. The van der Waals surface area contributed by atoms with Gasteiger partial charge in [0.1, 0.15) is 11.6 Å². The van der Waals surface area contributed by atoms with Crippen molar-refractivity contribution in [2.45, 2.75) is 12.8 Å². The summed E-state index contributed by atoms with van der Waals surface area (Å²) >= 11 is 0. The molecule has 1 fully saturated rings. The number of carbonyl (C=O) groups excluding carboxylic acids is 2. The smallest absolute Gasteiger partial charge is 0.227 e. The Morgan fingerprint density at radius 2 is 2.14 bits per heavy atom. The second-order valence-corrected chi connectivity index (χ2v) is 6.85. The van der Waals surface area contributed by atoms with Gasteiger partial charge in [0.25, 0.3) is 0 Å². The number of para-hydroxylation sites is 2. The second kappa shape index (κ2) is 7.72. The molecule has 0 saturated carbocycles. The summed E-state index contributed by atoms with van der Waals surface area (Å²) in [5, 5.41) is 2.93. The number of anilines is 1. The fourth-order valence-corrected chi connectivity index (χ4v) is 3.48. The quantitative estimate of drug-likeness (QED) is 0.689. The van der Waals surface area contributed by atoms with E-state index in [9.17, 15) is 9.59 Å². The van der Waals surface area contributed by atoms with Crippen LogP contribution in [-0.2, 0) is 16.0 Å². The fraction of sp³-hybridized carbons (Fsp3) is 0.286. The van der Waals surface area contributed by atoms with Gasteiger partial charge >= 0.3 is 0 Å². The number of nitrogens with zero attached hydrogens (tertiary/aromatic N) is 2. The van der Waals surface area contributed by atoms with Gasteiger partial charge < -0.3 is 19.9 Å². The molecule has 1 atom stereocenters. The highest BCUT2D eigenvalue weighted by molar-refractivity contribution is 6.00. The summed E-state index contributed by atoms with van der Waals surface area (Å²) in [6, 6.07) is 15.1. The lowest BCUT2D eigenvalue weighted by Crippen LogP contribution is -2.34. The van der Waals surface area contributed by atoms with Crippen LogP contribution in [0.1, 0.15) is 12.2 Å². The third-order valence-corrected chi connectivity index (χ3v) is 4.96. The molecule has 1 aliphatic rings. The molecule has 2 N–H and O–H groups in total. The van der Waals surface area contributed by atoms with E-state index in [1.807, 2.05) is 42.5 Å². The van der Waals surface area contributed by atoms with Crippen molar-refractivity contribution in [2.75, 3.05) is 25.1 Å². The zero-order chi connectivity index (χ0) is 19.5. The number of hydrogen-bond donors (Lipinski definition) is 2. The van der Waals surface area contributed by atoms with E-state index in [1.54, 1.807) is 18.1 Å². The maximum absolute atomic E-state index is 12.5. The zero-order valence-corrected chi connectivity index (χ0v) is 15.6. The molecule has 2 aromatic carbocycles. The number of nitrogens with one attached hydrogen (secondary N) is 2. The van der Waals surface area contributed by atoms with E-state index in [-0.39, 0.29) is 24.2 Å². The number of ether oxygens (including phenoxy) is 1. The first-order valence-electron chi connectivity index (χ1n) is 9.30. The second-order valence-electron chi connectivity index (χ2n) is 6.85. The van der Waals surface area contributed by atoms with Crippen molar-refractivity contribution in [3.05, 3.63) is 54.4 Å². The Hall–Kier alpha value is -3.35. The maximum atomic E-state index is 12.5. The summed E-state index contributed by atoms with van der Waals surface area (Å²) in [5.74, 6) is 1.01. The fourth-order valence-electron chi connectivity index (χ4n) is 3.48. The number of imidazole rings is 1. The van der Waals surface area contributed by atoms with Crippen molar-refractivity contribution < 1.29 is 14.3 Å². The van der Waals surface area contributed by atoms with Gasteiger partial charge in [0.15, 0.2) is 0 Å². The molecule has 28 heavy (non-hydrogen) atoms. The molecule has 0 spiro atoms. The van der Waals surface area contributed by atoms with Gasteiger partial charge in [0, 0.05) is 37.7 Å². The van der Waals surface area contributed by atoms with Crippen molar-refractivity contribution in [1.29, 1.82) is 0 Å².